The van der Waals surface area contributed by atoms with Gasteiger partial charge in [-0.15, -0.1) is 0 Å². The highest BCUT2D eigenvalue weighted by molar-refractivity contribution is 14.1. The number of benzene rings is 1. The highest BCUT2D eigenvalue weighted by Crippen LogP contribution is 2.21. The summed E-state index contributed by atoms with van der Waals surface area (Å²) < 4.78 is 11.5. The van der Waals surface area contributed by atoms with Gasteiger partial charge < -0.3 is 14.8 Å². The lowest BCUT2D eigenvalue weighted by Gasteiger charge is -2.09. The molecule has 0 saturated heterocycles. The molecule has 0 atom stereocenters. The predicted molar refractivity (Wildman–Crippen MR) is 80.0 cm³/mol. The molecule has 0 unspecified atom stereocenters. The van der Waals surface area contributed by atoms with Crippen molar-refractivity contribution in [1.82, 2.24) is 0 Å². The fourth-order valence-electron chi connectivity index (χ4n) is 1.30. The Morgan fingerprint density at radius 2 is 2.12 bits per heavy atom. The number of halogens is 2. The molecule has 3 nitrogen and oxygen atoms in total. The summed E-state index contributed by atoms with van der Waals surface area (Å²) in [4.78, 5) is 0. The maximum atomic E-state index is 5.88. The SMILES string of the molecule is COCCCOCCNc1ccc(Cl)cc1I. The molecule has 96 valence electrons. The fraction of sp³-hybridized carbons (Fsp3) is 0.500. The molecule has 1 N–H and O–H groups in total. The van der Waals surface area contributed by atoms with Crippen molar-refractivity contribution in [1.29, 1.82) is 0 Å². The summed E-state index contributed by atoms with van der Waals surface area (Å²) in [6.07, 6.45) is 0.939. The van der Waals surface area contributed by atoms with E-state index in [9.17, 15) is 0 Å². The van der Waals surface area contributed by atoms with Crippen molar-refractivity contribution >= 4 is 39.9 Å². The largest absolute Gasteiger partial charge is 0.385 e. The second kappa shape index (κ2) is 8.97. The zero-order valence-corrected chi connectivity index (χ0v) is 12.8. The van der Waals surface area contributed by atoms with E-state index in [0.717, 1.165) is 40.5 Å². The molecule has 5 heteroatoms. The first-order valence-electron chi connectivity index (χ1n) is 5.49. The van der Waals surface area contributed by atoms with E-state index in [-0.39, 0.29) is 0 Å². The van der Waals surface area contributed by atoms with E-state index in [1.165, 1.54) is 0 Å². The lowest BCUT2D eigenvalue weighted by atomic mass is 10.3. The maximum Gasteiger partial charge on any atom is 0.0639 e. The second-order valence-electron chi connectivity index (χ2n) is 3.51. The summed E-state index contributed by atoms with van der Waals surface area (Å²) >= 11 is 8.14. The normalized spacial score (nSPS) is 10.5. The quantitative estimate of drug-likeness (QED) is 0.563. The lowest BCUT2D eigenvalue weighted by molar-refractivity contribution is 0.109. The van der Waals surface area contributed by atoms with Gasteiger partial charge in [0.2, 0.25) is 0 Å². The van der Waals surface area contributed by atoms with Crippen molar-refractivity contribution in [2.24, 2.45) is 0 Å². The third-order valence-corrected chi connectivity index (χ3v) is 3.26. The van der Waals surface area contributed by atoms with E-state index in [1.807, 2.05) is 18.2 Å². The molecule has 0 spiro atoms. The van der Waals surface area contributed by atoms with E-state index in [0.29, 0.717) is 6.61 Å². The van der Waals surface area contributed by atoms with E-state index in [4.69, 9.17) is 21.1 Å². The van der Waals surface area contributed by atoms with Crippen LogP contribution in [0.3, 0.4) is 0 Å². The first-order chi connectivity index (χ1) is 8.24. The van der Waals surface area contributed by atoms with Crippen LogP contribution in [0, 0.1) is 3.57 Å². The molecule has 0 aliphatic rings. The monoisotopic (exact) mass is 369 g/mol. The number of rotatable bonds is 8. The Balaban J connectivity index is 2.14. The van der Waals surface area contributed by atoms with Crippen LogP contribution >= 0.6 is 34.2 Å². The molecule has 0 radical (unpaired) electrons. The average molecular weight is 370 g/mol. The Labute approximate surface area is 121 Å². The van der Waals surface area contributed by atoms with E-state index >= 15 is 0 Å². The molecule has 0 bridgehead atoms. The minimum absolute atomic E-state index is 0.697. The van der Waals surface area contributed by atoms with Crippen LogP contribution in [0.5, 0.6) is 0 Å². The Bertz CT molecular complexity index is 336. The summed E-state index contributed by atoms with van der Waals surface area (Å²) in [6, 6.07) is 5.80. The Morgan fingerprint density at radius 1 is 1.29 bits per heavy atom. The van der Waals surface area contributed by atoms with Crippen LogP contribution in [0.2, 0.25) is 5.02 Å². The summed E-state index contributed by atoms with van der Waals surface area (Å²) in [6.45, 7) is 2.99. The highest BCUT2D eigenvalue weighted by atomic mass is 127. The number of ether oxygens (including phenoxy) is 2. The Kier molecular flexibility index (Phi) is 7.92. The molecule has 1 aromatic carbocycles. The maximum absolute atomic E-state index is 5.88. The van der Waals surface area contributed by atoms with Gasteiger partial charge in [0.25, 0.3) is 0 Å². The van der Waals surface area contributed by atoms with Crippen molar-refractivity contribution in [3.63, 3.8) is 0 Å². The third kappa shape index (κ3) is 6.45. The average Bonchev–Trinajstić information content (AvgIpc) is 2.30. The molecule has 0 aliphatic heterocycles. The molecule has 1 aromatic rings. The second-order valence-corrected chi connectivity index (χ2v) is 5.11. The van der Waals surface area contributed by atoms with Crippen molar-refractivity contribution < 1.29 is 9.47 Å². The number of nitrogens with one attached hydrogen (secondary N) is 1. The van der Waals surface area contributed by atoms with Crippen molar-refractivity contribution in [2.45, 2.75) is 6.42 Å². The fourth-order valence-corrected chi connectivity index (χ4v) is 2.36. The minimum atomic E-state index is 0.697. The predicted octanol–water partition coefficient (Wildman–Crippen LogP) is 3.41. The van der Waals surface area contributed by atoms with Crippen molar-refractivity contribution in [3.05, 3.63) is 26.8 Å². The number of methoxy groups -OCH3 is 1. The summed E-state index contributed by atoms with van der Waals surface area (Å²) in [7, 11) is 1.70. The van der Waals surface area contributed by atoms with Gasteiger partial charge >= 0.3 is 0 Å². The smallest absolute Gasteiger partial charge is 0.0639 e. The van der Waals surface area contributed by atoms with Crippen molar-refractivity contribution in [2.75, 3.05) is 38.8 Å². The van der Waals surface area contributed by atoms with Gasteiger partial charge in [-0.2, -0.15) is 0 Å². The topological polar surface area (TPSA) is 30.5 Å². The Morgan fingerprint density at radius 3 is 2.82 bits per heavy atom. The molecular formula is C12H17ClINO2. The zero-order valence-electron chi connectivity index (χ0n) is 9.84. The molecule has 0 saturated carbocycles. The number of anilines is 1. The molecule has 0 aromatic heterocycles. The van der Waals surface area contributed by atoms with Gasteiger partial charge in [-0.1, -0.05) is 11.6 Å². The molecule has 0 fully saturated rings. The van der Waals surface area contributed by atoms with Crippen LogP contribution < -0.4 is 5.32 Å². The van der Waals surface area contributed by atoms with Gasteiger partial charge in [0.1, 0.15) is 0 Å². The third-order valence-electron chi connectivity index (χ3n) is 2.13. The summed E-state index contributed by atoms with van der Waals surface area (Å²) in [5, 5.41) is 4.07. The van der Waals surface area contributed by atoms with Gasteiger partial charge in [0.15, 0.2) is 0 Å². The van der Waals surface area contributed by atoms with Crippen LogP contribution in [0.1, 0.15) is 6.42 Å². The lowest BCUT2D eigenvalue weighted by Crippen LogP contribution is -2.11. The van der Waals surface area contributed by atoms with Crippen LogP contribution in [-0.4, -0.2) is 33.5 Å². The van der Waals surface area contributed by atoms with E-state index < -0.39 is 0 Å². The van der Waals surface area contributed by atoms with Crippen LogP contribution in [-0.2, 0) is 9.47 Å². The van der Waals surface area contributed by atoms with E-state index in [2.05, 4.69) is 27.9 Å². The number of hydrogen-bond acceptors (Lipinski definition) is 3. The molecular weight excluding hydrogens is 352 g/mol. The number of hydrogen-bond donors (Lipinski definition) is 1. The van der Waals surface area contributed by atoms with Gasteiger partial charge in [-0.25, -0.2) is 0 Å². The molecule has 0 amide bonds. The van der Waals surface area contributed by atoms with Gasteiger partial charge in [-0.05, 0) is 47.2 Å². The van der Waals surface area contributed by atoms with Gasteiger partial charge in [0.05, 0.1) is 6.61 Å². The minimum Gasteiger partial charge on any atom is -0.385 e. The summed E-state index contributed by atoms with van der Waals surface area (Å²) in [5.41, 5.74) is 1.09. The molecule has 0 aliphatic carbocycles. The first-order valence-corrected chi connectivity index (χ1v) is 6.95. The molecule has 0 heterocycles. The molecule has 1 rings (SSSR count). The zero-order chi connectivity index (χ0) is 12.5. The van der Waals surface area contributed by atoms with E-state index in [1.54, 1.807) is 7.11 Å². The van der Waals surface area contributed by atoms with Gasteiger partial charge in [0, 0.05) is 41.1 Å². The van der Waals surface area contributed by atoms with Crippen LogP contribution in [0.25, 0.3) is 0 Å². The van der Waals surface area contributed by atoms with Gasteiger partial charge in [-0.3, -0.25) is 0 Å². The van der Waals surface area contributed by atoms with Crippen molar-refractivity contribution in [3.8, 4) is 0 Å². The first kappa shape index (κ1) is 15.0. The van der Waals surface area contributed by atoms with Crippen LogP contribution in [0.15, 0.2) is 18.2 Å². The Hall–Kier alpha value is -0.0400. The standard InChI is InChI=1S/C12H17ClINO2/c1-16-6-2-7-17-8-5-15-12-4-3-10(13)9-11(12)14/h3-4,9,15H,2,5-8H2,1H3. The molecule has 17 heavy (non-hydrogen) atoms. The van der Waals surface area contributed by atoms with Crippen LogP contribution in [0.4, 0.5) is 5.69 Å². The summed E-state index contributed by atoms with van der Waals surface area (Å²) in [5.74, 6) is 0. The highest BCUT2D eigenvalue weighted by Gasteiger charge is 1.99.